The molecule has 0 saturated carbocycles. The van der Waals surface area contributed by atoms with E-state index in [1.54, 1.807) is 0 Å². The van der Waals surface area contributed by atoms with Gasteiger partial charge in [0.1, 0.15) is 5.00 Å². The summed E-state index contributed by atoms with van der Waals surface area (Å²) in [5.41, 5.74) is 2.02. The topological polar surface area (TPSA) is 99.3 Å². The van der Waals surface area contributed by atoms with Gasteiger partial charge in [0.2, 0.25) is 10.0 Å². The van der Waals surface area contributed by atoms with E-state index in [2.05, 4.69) is 17.3 Å². The molecule has 3 aliphatic heterocycles. The van der Waals surface area contributed by atoms with Crippen molar-refractivity contribution < 1.29 is 22.7 Å². The Balaban J connectivity index is 1.37. The van der Waals surface area contributed by atoms with Crippen LogP contribution in [0, 0.1) is 0 Å². The summed E-state index contributed by atoms with van der Waals surface area (Å²) in [5, 5.41) is 3.57. The molecule has 2 saturated heterocycles. The quantitative estimate of drug-likeness (QED) is 0.602. The normalized spacial score (nSPS) is 23.2. The number of carbonyl (C=O) groups excluding carboxylic acids is 2. The molecule has 2 unspecified atom stereocenters. The zero-order chi connectivity index (χ0) is 27.0. The molecule has 9 nitrogen and oxygen atoms in total. The van der Waals surface area contributed by atoms with Crippen molar-refractivity contribution in [3.05, 3.63) is 45.8 Å². The zero-order valence-corrected chi connectivity index (χ0v) is 23.9. The molecule has 2 aromatic rings. The Morgan fingerprint density at radius 2 is 1.66 bits per heavy atom. The lowest BCUT2D eigenvalue weighted by Gasteiger charge is -2.34. The van der Waals surface area contributed by atoms with Crippen LogP contribution in [0.2, 0.25) is 0 Å². The molecule has 38 heavy (non-hydrogen) atoms. The van der Waals surface area contributed by atoms with Crippen LogP contribution in [0.4, 0.5) is 5.00 Å². The lowest BCUT2D eigenvalue weighted by molar-refractivity contribution is -0.0440. The Morgan fingerprint density at radius 3 is 2.32 bits per heavy atom. The molecule has 3 aliphatic rings. The summed E-state index contributed by atoms with van der Waals surface area (Å²) in [5.74, 6) is -0.361. The van der Waals surface area contributed by atoms with Crippen LogP contribution in [0.5, 0.6) is 0 Å². The molecule has 1 aromatic heterocycles. The van der Waals surface area contributed by atoms with E-state index < -0.39 is 10.0 Å². The highest BCUT2D eigenvalue weighted by atomic mass is 32.2. The molecule has 206 valence electrons. The van der Waals surface area contributed by atoms with E-state index >= 15 is 0 Å². The zero-order valence-electron chi connectivity index (χ0n) is 22.2. The van der Waals surface area contributed by atoms with E-state index in [1.165, 1.54) is 39.9 Å². The number of piperidine rings is 1. The van der Waals surface area contributed by atoms with Gasteiger partial charge in [0.25, 0.3) is 11.8 Å². The number of sulfonamides is 1. The number of nitrogens with one attached hydrogen (secondary N) is 1. The summed E-state index contributed by atoms with van der Waals surface area (Å²) >= 11 is 1.47. The van der Waals surface area contributed by atoms with Crippen LogP contribution in [0.15, 0.2) is 29.2 Å². The monoisotopic (exact) mass is 560 g/mol. The van der Waals surface area contributed by atoms with Crippen molar-refractivity contribution in [2.45, 2.75) is 63.2 Å². The molecule has 2 fully saturated rings. The van der Waals surface area contributed by atoms with Gasteiger partial charge in [-0.2, -0.15) is 4.31 Å². The maximum Gasteiger partial charge on any atom is 0.257 e. The number of carbonyl (C=O) groups is 2. The molecular formula is C27H36N4O5S2. The molecule has 5 rings (SSSR count). The van der Waals surface area contributed by atoms with Crippen molar-refractivity contribution in [1.82, 2.24) is 14.1 Å². The second kappa shape index (κ2) is 11.1. The molecule has 0 bridgehead atoms. The number of benzene rings is 1. The van der Waals surface area contributed by atoms with Gasteiger partial charge in [-0.15, -0.1) is 11.3 Å². The number of hydrogen-bond acceptors (Lipinski definition) is 7. The molecule has 0 radical (unpaired) electrons. The van der Waals surface area contributed by atoms with Gasteiger partial charge in [0, 0.05) is 49.7 Å². The third-order valence-corrected chi connectivity index (χ3v) is 10.5. The maximum absolute atomic E-state index is 13.6. The number of ether oxygens (including phenoxy) is 1. The first-order valence-corrected chi connectivity index (χ1v) is 15.6. The highest BCUT2D eigenvalue weighted by Crippen LogP contribution is 2.38. The number of nitrogens with zero attached hydrogens (tertiary/aromatic N) is 3. The maximum atomic E-state index is 13.6. The van der Waals surface area contributed by atoms with Crippen molar-refractivity contribution >= 4 is 38.2 Å². The number of rotatable bonds is 5. The van der Waals surface area contributed by atoms with Crippen molar-refractivity contribution in [3.63, 3.8) is 0 Å². The molecule has 4 heterocycles. The van der Waals surface area contributed by atoms with Crippen LogP contribution < -0.4 is 5.32 Å². The smallest absolute Gasteiger partial charge is 0.257 e. The highest BCUT2D eigenvalue weighted by Gasteiger charge is 2.33. The summed E-state index contributed by atoms with van der Waals surface area (Å²) < 4.78 is 33.5. The average molecular weight is 561 g/mol. The number of thiophene rings is 1. The lowest BCUT2D eigenvalue weighted by Crippen LogP contribution is -2.48. The fourth-order valence-corrected chi connectivity index (χ4v) is 8.44. The Bertz CT molecular complexity index is 1290. The Labute approximate surface area is 228 Å². The molecule has 0 aliphatic carbocycles. The molecule has 11 heteroatoms. The average Bonchev–Trinajstić information content (AvgIpc) is 3.24. The van der Waals surface area contributed by atoms with Gasteiger partial charge >= 0.3 is 0 Å². The van der Waals surface area contributed by atoms with Gasteiger partial charge in [0.15, 0.2) is 0 Å². The second-order valence-electron chi connectivity index (χ2n) is 10.6. The van der Waals surface area contributed by atoms with E-state index in [1.807, 2.05) is 18.7 Å². The van der Waals surface area contributed by atoms with Crippen LogP contribution in [-0.4, -0.2) is 86.3 Å². The summed E-state index contributed by atoms with van der Waals surface area (Å²) in [4.78, 5) is 32.3. The second-order valence-corrected chi connectivity index (χ2v) is 13.6. The largest absolute Gasteiger partial charge is 0.373 e. The van der Waals surface area contributed by atoms with Gasteiger partial charge < -0.3 is 19.9 Å². The van der Waals surface area contributed by atoms with Crippen molar-refractivity contribution in [3.8, 4) is 0 Å². The van der Waals surface area contributed by atoms with Crippen molar-refractivity contribution in [1.29, 1.82) is 0 Å². The molecule has 1 N–H and O–H groups in total. The summed E-state index contributed by atoms with van der Waals surface area (Å²) in [7, 11) is -1.64. The van der Waals surface area contributed by atoms with Gasteiger partial charge in [-0.25, -0.2) is 8.42 Å². The minimum Gasteiger partial charge on any atom is -0.373 e. The number of anilines is 1. The minimum absolute atomic E-state index is 0.00235. The predicted octanol–water partition coefficient (Wildman–Crippen LogP) is 3.41. The van der Waals surface area contributed by atoms with Crippen LogP contribution in [0.25, 0.3) is 0 Å². The van der Waals surface area contributed by atoms with E-state index in [0.717, 1.165) is 62.3 Å². The van der Waals surface area contributed by atoms with E-state index in [4.69, 9.17) is 4.74 Å². The SMILES string of the molecule is CC1CN(S(=O)(=O)c2ccc(C(=O)Nc3sc4c(c3C(=O)N3CCCCC3)CCN(C)C4)cc2)CC(C)O1. The van der Waals surface area contributed by atoms with Gasteiger partial charge in [-0.1, -0.05) is 0 Å². The van der Waals surface area contributed by atoms with Gasteiger partial charge in [0.05, 0.1) is 22.7 Å². The van der Waals surface area contributed by atoms with Crippen LogP contribution in [-0.2, 0) is 27.7 Å². The summed E-state index contributed by atoms with van der Waals surface area (Å²) in [6, 6.07) is 6.01. The molecular weight excluding hydrogens is 524 g/mol. The molecule has 2 amide bonds. The predicted molar refractivity (Wildman–Crippen MR) is 147 cm³/mol. The summed E-state index contributed by atoms with van der Waals surface area (Å²) in [6.07, 6.45) is 3.54. The number of amides is 2. The first-order chi connectivity index (χ1) is 18.1. The number of morpholine rings is 1. The van der Waals surface area contributed by atoms with Crippen LogP contribution >= 0.6 is 11.3 Å². The van der Waals surface area contributed by atoms with Crippen LogP contribution in [0.1, 0.15) is 64.3 Å². The molecule has 0 spiro atoms. The highest BCUT2D eigenvalue weighted by molar-refractivity contribution is 7.89. The molecule has 2 atom stereocenters. The van der Waals surface area contributed by atoms with Crippen molar-refractivity contribution in [2.24, 2.45) is 0 Å². The van der Waals surface area contributed by atoms with E-state index in [0.29, 0.717) is 29.2 Å². The third-order valence-electron chi connectivity index (χ3n) is 7.47. The van der Waals surface area contributed by atoms with E-state index in [-0.39, 0.29) is 28.9 Å². The Kier molecular flexibility index (Phi) is 7.93. The first-order valence-electron chi connectivity index (χ1n) is 13.3. The number of fused-ring (bicyclic) bond motifs is 1. The summed E-state index contributed by atoms with van der Waals surface area (Å²) in [6.45, 7) is 7.41. The van der Waals surface area contributed by atoms with Crippen LogP contribution in [0.3, 0.4) is 0 Å². The number of likely N-dealkylation sites (tertiary alicyclic amines) is 1. The lowest BCUT2D eigenvalue weighted by atomic mass is 10.0. The van der Waals surface area contributed by atoms with Crippen molar-refractivity contribution in [2.75, 3.05) is 45.1 Å². The standard InChI is InChI=1S/C27H36N4O5S2/c1-18-15-31(16-19(2)36-18)38(34,35)21-9-7-20(8-10-21)25(32)28-26-24(27(33)30-12-5-4-6-13-30)22-11-14-29(3)17-23(22)37-26/h7-10,18-19H,4-6,11-17H2,1-3H3,(H,28,32). The minimum atomic E-state index is -3.70. The fraction of sp³-hybridized carbons (Fsp3) is 0.556. The van der Waals surface area contributed by atoms with Gasteiger partial charge in [-0.05, 0) is 76.4 Å². The first kappa shape index (κ1) is 27.3. The number of likely N-dealkylation sites (N-methyl/N-ethyl adjacent to an activating group) is 1. The third kappa shape index (κ3) is 5.53. The molecule has 1 aromatic carbocycles. The van der Waals surface area contributed by atoms with E-state index in [9.17, 15) is 18.0 Å². The van der Waals surface area contributed by atoms with Gasteiger partial charge in [-0.3, -0.25) is 9.59 Å². The Hall–Kier alpha value is -2.31. The number of hydrogen-bond donors (Lipinski definition) is 1. The fourth-order valence-electron chi connectivity index (χ4n) is 5.53. The Morgan fingerprint density at radius 1 is 1.00 bits per heavy atom.